The molecule has 0 spiro atoms. The van der Waals surface area contributed by atoms with Crippen LogP contribution in [0.1, 0.15) is 19.1 Å². The van der Waals surface area contributed by atoms with Crippen LogP contribution in [0, 0.1) is 0 Å². The zero-order chi connectivity index (χ0) is 18.8. The quantitative estimate of drug-likeness (QED) is 0.466. The van der Waals surface area contributed by atoms with Crippen molar-refractivity contribution in [3.05, 3.63) is 12.7 Å². The van der Waals surface area contributed by atoms with E-state index in [1.54, 1.807) is 11.9 Å². The fraction of sp³-hybridized carbons (Fsp3) is 0.600. The highest BCUT2D eigenvalue weighted by Gasteiger charge is 2.44. The van der Waals surface area contributed by atoms with E-state index in [-0.39, 0.29) is 6.42 Å². The van der Waals surface area contributed by atoms with E-state index in [9.17, 15) is 20.1 Å². The molecule has 1 saturated heterocycles. The van der Waals surface area contributed by atoms with Crippen molar-refractivity contribution in [3.8, 4) is 0 Å². The molecule has 1 fully saturated rings. The Bertz CT molecular complexity index is 783. The molecule has 3 heterocycles. The molecular weight excluding hydrogens is 346 g/mol. The number of aromatic nitrogens is 4. The monoisotopic (exact) mass is 367 g/mol. The van der Waals surface area contributed by atoms with Gasteiger partial charge >= 0.3 is 5.97 Å². The van der Waals surface area contributed by atoms with Crippen LogP contribution < -0.4 is 4.90 Å². The van der Waals surface area contributed by atoms with Crippen LogP contribution in [0.15, 0.2) is 12.7 Å². The summed E-state index contributed by atoms with van der Waals surface area (Å²) in [6.45, 7) is 0.0486. The van der Waals surface area contributed by atoms with E-state index in [0.717, 1.165) is 0 Å². The van der Waals surface area contributed by atoms with Gasteiger partial charge < -0.3 is 30.1 Å². The second kappa shape index (κ2) is 7.50. The Morgan fingerprint density at radius 2 is 2.08 bits per heavy atom. The number of imidazole rings is 1. The molecule has 11 nitrogen and oxygen atoms in total. The summed E-state index contributed by atoms with van der Waals surface area (Å²) in [5, 5.41) is 38.1. The third-order valence-corrected chi connectivity index (χ3v) is 4.38. The van der Waals surface area contributed by atoms with E-state index in [0.29, 0.717) is 29.9 Å². The van der Waals surface area contributed by atoms with Gasteiger partial charge in [0.1, 0.15) is 24.6 Å². The largest absolute Gasteiger partial charge is 0.481 e. The van der Waals surface area contributed by atoms with E-state index >= 15 is 0 Å². The molecule has 1 aliphatic rings. The summed E-state index contributed by atoms with van der Waals surface area (Å²) in [5.41, 5.74) is 0.859. The third-order valence-electron chi connectivity index (χ3n) is 4.38. The van der Waals surface area contributed by atoms with E-state index in [1.165, 1.54) is 17.2 Å². The SMILES string of the molecule is CN(CCCC(=O)O)c1ncnc2c1ncn2[C@@H]1O[C@H](CO)[C@@H](O)[C@H]1O. The maximum absolute atomic E-state index is 10.7. The summed E-state index contributed by atoms with van der Waals surface area (Å²) in [7, 11) is 1.77. The number of carboxylic acids is 1. The van der Waals surface area contributed by atoms with Gasteiger partial charge in [0.2, 0.25) is 0 Å². The second-order valence-corrected chi connectivity index (χ2v) is 6.17. The van der Waals surface area contributed by atoms with Crippen molar-refractivity contribution < 1.29 is 30.0 Å². The Morgan fingerprint density at radius 3 is 2.73 bits per heavy atom. The van der Waals surface area contributed by atoms with E-state index in [1.807, 2.05) is 0 Å². The summed E-state index contributed by atoms with van der Waals surface area (Å²) in [5.74, 6) is -0.342. The molecule has 2 aromatic heterocycles. The maximum Gasteiger partial charge on any atom is 0.303 e. The normalized spacial score (nSPS) is 25.7. The lowest BCUT2D eigenvalue weighted by molar-refractivity contribution is -0.137. The van der Waals surface area contributed by atoms with Crippen LogP contribution >= 0.6 is 0 Å². The number of nitrogens with zero attached hydrogens (tertiary/aromatic N) is 5. The average molecular weight is 367 g/mol. The van der Waals surface area contributed by atoms with Gasteiger partial charge in [-0.25, -0.2) is 15.0 Å². The number of aliphatic hydroxyl groups is 3. The van der Waals surface area contributed by atoms with Gasteiger partial charge in [-0.05, 0) is 6.42 Å². The first-order valence-electron chi connectivity index (χ1n) is 8.17. The van der Waals surface area contributed by atoms with Gasteiger partial charge in [0.05, 0.1) is 12.9 Å². The van der Waals surface area contributed by atoms with Gasteiger partial charge in [0.25, 0.3) is 0 Å². The molecule has 26 heavy (non-hydrogen) atoms. The number of rotatable bonds is 7. The molecule has 2 aromatic rings. The number of carboxylic acid groups (broad SMARTS) is 1. The van der Waals surface area contributed by atoms with Crippen LogP contribution in [0.2, 0.25) is 0 Å². The summed E-state index contributed by atoms with van der Waals surface area (Å²) in [6.07, 6.45) is -1.03. The lowest BCUT2D eigenvalue weighted by Crippen LogP contribution is -2.33. The number of aliphatic carboxylic acids is 1. The van der Waals surface area contributed by atoms with Gasteiger partial charge in [-0.1, -0.05) is 0 Å². The zero-order valence-corrected chi connectivity index (χ0v) is 14.1. The zero-order valence-electron chi connectivity index (χ0n) is 14.1. The van der Waals surface area contributed by atoms with Crippen LogP contribution in [0.5, 0.6) is 0 Å². The van der Waals surface area contributed by atoms with Crippen LogP contribution in [0.25, 0.3) is 11.2 Å². The van der Waals surface area contributed by atoms with Crippen molar-refractivity contribution in [2.45, 2.75) is 37.4 Å². The standard InChI is InChI=1S/C15H21N5O6/c1-19(4-2-3-9(22)23)13-10-14(17-6-16-13)20(7-18-10)15-12(25)11(24)8(5-21)26-15/h6-8,11-12,15,21,24-25H,2-5H2,1H3,(H,22,23)/t8-,11-,12-,15-/m1/s1. The van der Waals surface area contributed by atoms with Crippen molar-refractivity contribution in [2.24, 2.45) is 0 Å². The summed E-state index contributed by atoms with van der Waals surface area (Å²) in [4.78, 5) is 25.1. The van der Waals surface area contributed by atoms with Gasteiger partial charge in [-0.2, -0.15) is 0 Å². The predicted octanol–water partition coefficient (Wildman–Crippen LogP) is -1.26. The molecule has 0 unspecified atom stereocenters. The first-order valence-corrected chi connectivity index (χ1v) is 8.17. The minimum atomic E-state index is -1.24. The molecule has 0 aliphatic carbocycles. The Morgan fingerprint density at radius 1 is 1.31 bits per heavy atom. The Balaban J connectivity index is 1.86. The molecule has 1 aliphatic heterocycles. The fourth-order valence-corrected chi connectivity index (χ4v) is 2.99. The third kappa shape index (κ3) is 3.33. The van der Waals surface area contributed by atoms with Gasteiger partial charge in [-0.15, -0.1) is 0 Å². The summed E-state index contributed by atoms with van der Waals surface area (Å²) in [6, 6.07) is 0. The number of ether oxygens (including phenoxy) is 1. The van der Waals surface area contributed by atoms with E-state index in [2.05, 4.69) is 15.0 Å². The predicted molar refractivity (Wildman–Crippen MR) is 88.5 cm³/mol. The second-order valence-electron chi connectivity index (χ2n) is 6.17. The number of fused-ring (bicyclic) bond motifs is 1. The number of aliphatic hydroxyl groups excluding tert-OH is 3. The van der Waals surface area contributed by atoms with Crippen molar-refractivity contribution in [2.75, 3.05) is 25.1 Å². The first-order chi connectivity index (χ1) is 12.4. The molecule has 0 amide bonds. The van der Waals surface area contributed by atoms with Crippen LogP contribution in [-0.4, -0.2) is 84.4 Å². The molecule has 142 valence electrons. The minimum Gasteiger partial charge on any atom is -0.481 e. The Hall–Kier alpha value is -2.34. The summed E-state index contributed by atoms with van der Waals surface area (Å²) >= 11 is 0. The smallest absolute Gasteiger partial charge is 0.303 e. The fourth-order valence-electron chi connectivity index (χ4n) is 2.99. The molecule has 0 saturated carbocycles. The topological polar surface area (TPSA) is 154 Å². The molecule has 4 N–H and O–H groups in total. The molecule has 4 atom stereocenters. The highest BCUT2D eigenvalue weighted by molar-refractivity contribution is 5.83. The van der Waals surface area contributed by atoms with Crippen LogP contribution in [-0.2, 0) is 9.53 Å². The van der Waals surface area contributed by atoms with Crippen molar-refractivity contribution in [3.63, 3.8) is 0 Å². The lowest BCUT2D eigenvalue weighted by atomic mass is 10.1. The molecule has 11 heteroatoms. The van der Waals surface area contributed by atoms with Crippen LogP contribution in [0.3, 0.4) is 0 Å². The van der Waals surface area contributed by atoms with Crippen molar-refractivity contribution in [1.29, 1.82) is 0 Å². The highest BCUT2D eigenvalue weighted by Crippen LogP contribution is 2.32. The number of hydrogen-bond acceptors (Lipinski definition) is 9. The number of anilines is 1. The van der Waals surface area contributed by atoms with Crippen molar-refractivity contribution >= 4 is 23.0 Å². The van der Waals surface area contributed by atoms with Crippen molar-refractivity contribution in [1.82, 2.24) is 19.5 Å². The maximum atomic E-state index is 10.7. The Kier molecular flexibility index (Phi) is 5.32. The minimum absolute atomic E-state index is 0.0511. The molecular formula is C15H21N5O6. The molecule has 0 bridgehead atoms. The van der Waals surface area contributed by atoms with E-state index in [4.69, 9.17) is 9.84 Å². The van der Waals surface area contributed by atoms with Crippen LogP contribution in [0.4, 0.5) is 5.82 Å². The first kappa shape index (κ1) is 18.5. The molecule has 3 rings (SSSR count). The van der Waals surface area contributed by atoms with Gasteiger partial charge in [-0.3, -0.25) is 9.36 Å². The molecule has 0 aromatic carbocycles. The van der Waals surface area contributed by atoms with E-state index < -0.39 is 37.1 Å². The number of carbonyl (C=O) groups is 1. The average Bonchev–Trinajstić information content (AvgIpc) is 3.16. The van der Waals surface area contributed by atoms with Gasteiger partial charge in [0.15, 0.2) is 23.2 Å². The lowest BCUT2D eigenvalue weighted by Gasteiger charge is -2.19. The van der Waals surface area contributed by atoms with Gasteiger partial charge in [0, 0.05) is 20.0 Å². The highest BCUT2D eigenvalue weighted by atomic mass is 16.6. The number of hydrogen-bond donors (Lipinski definition) is 4. The molecule has 0 radical (unpaired) electrons. The summed E-state index contributed by atoms with van der Waals surface area (Å²) < 4.78 is 6.99. The Labute approximate surface area is 148 Å².